The Morgan fingerprint density at radius 2 is 2.20 bits per heavy atom. The van der Waals surface area contributed by atoms with Crippen molar-refractivity contribution in [2.45, 2.75) is 13.8 Å². The number of hydrogen-bond donors (Lipinski definition) is 0. The topological polar surface area (TPSA) is 16.1 Å². The fourth-order valence-corrected chi connectivity index (χ4v) is 1.24. The second-order valence-electron chi connectivity index (χ2n) is 3.53. The Kier molecular flexibility index (Phi) is 4.16. The first-order valence-electron chi connectivity index (χ1n) is 5.12. The molecule has 2 nitrogen and oxygen atoms in total. The number of rotatable bonds is 3. The van der Waals surface area contributed by atoms with Crippen LogP contribution < -0.4 is 10.5 Å². The first-order chi connectivity index (χ1) is 7.15. The molecule has 1 rings (SSSR count). The zero-order valence-corrected chi connectivity index (χ0v) is 9.86. The van der Waals surface area contributed by atoms with Crippen LogP contribution in [0.15, 0.2) is 42.1 Å². The maximum atomic E-state index is 4.46. The van der Waals surface area contributed by atoms with E-state index in [0.717, 1.165) is 11.4 Å². The van der Waals surface area contributed by atoms with Gasteiger partial charge in [-0.2, -0.15) is 0 Å². The van der Waals surface area contributed by atoms with Crippen LogP contribution in [0.4, 0.5) is 5.82 Å². The minimum atomic E-state index is 0.980. The van der Waals surface area contributed by atoms with E-state index in [1.807, 2.05) is 52.2 Å². The van der Waals surface area contributed by atoms with E-state index >= 15 is 0 Å². The largest absolute Gasteiger partial charge is 0.334 e. The van der Waals surface area contributed by atoms with Gasteiger partial charge in [0.05, 0.1) is 0 Å². The maximum absolute atomic E-state index is 4.46. The second kappa shape index (κ2) is 5.39. The van der Waals surface area contributed by atoms with Crippen LogP contribution in [0, 0.1) is 0 Å². The predicted octanol–water partition coefficient (Wildman–Crippen LogP) is 1.26. The number of nitrogens with zero attached hydrogens (tertiary/aromatic N) is 2. The first kappa shape index (κ1) is 11.6. The van der Waals surface area contributed by atoms with Gasteiger partial charge in [0, 0.05) is 12.7 Å². The van der Waals surface area contributed by atoms with E-state index < -0.39 is 0 Å². The van der Waals surface area contributed by atoms with Crippen molar-refractivity contribution in [3.63, 3.8) is 0 Å². The fraction of sp³-hybridized carbons (Fsp3) is 0.250. The van der Waals surface area contributed by atoms with E-state index in [4.69, 9.17) is 0 Å². The highest BCUT2D eigenvalue weighted by atomic mass is 15.2. The minimum absolute atomic E-state index is 0.980. The first-order valence-corrected chi connectivity index (χ1v) is 5.12. The summed E-state index contributed by atoms with van der Waals surface area (Å²) >= 11 is 0. The summed E-state index contributed by atoms with van der Waals surface area (Å²) in [5, 5.41) is 0. The van der Waals surface area contributed by atoms with Crippen molar-refractivity contribution in [1.82, 2.24) is 4.98 Å². The predicted molar refractivity (Wildman–Crippen MR) is 69.4 cm³/mol. The van der Waals surface area contributed by atoms with Crippen LogP contribution in [-0.4, -0.2) is 19.9 Å². The molecule has 15 heavy (non-hydrogen) atoms. The SMILES string of the molecule is Bc1cccc(N(C)/C(C)=C\C=C\C)n1. The van der Waals surface area contributed by atoms with Crippen LogP contribution in [0.3, 0.4) is 0 Å². The van der Waals surface area contributed by atoms with Crippen LogP contribution in [0.5, 0.6) is 0 Å². The highest BCUT2D eigenvalue weighted by molar-refractivity contribution is 6.30. The van der Waals surface area contributed by atoms with Gasteiger partial charge in [0.15, 0.2) is 7.85 Å². The van der Waals surface area contributed by atoms with Gasteiger partial charge >= 0.3 is 0 Å². The molecule has 0 aliphatic heterocycles. The standard InChI is InChI=1S/C12H17BN2/c1-4-5-7-10(2)15(3)12-9-6-8-11(13)14-12/h4-9H,13H2,1-3H3/b5-4+,10-7-. The molecular weight excluding hydrogens is 183 g/mol. The number of anilines is 1. The van der Waals surface area contributed by atoms with Gasteiger partial charge < -0.3 is 4.90 Å². The van der Waals surface area contributed by atoms with Crippen LogP contribution in [0.25, 0.3) is 0 Å². The smallest absolute Gasteiger partial charge is 0.164 e. The monoisotopic (exact) mass is 200 g/mol. The molecule has 0 radical (unpaired) electrons. The Hall–Kier alpha value is -1.51. The third-order valence-electron chi connectivity index (χ3n) is 2.28. The molecule has 0 N–H and O–H groups in total. The summed E-state index contributed by atoms with van der Waals surface area (Å²) in [7, 11) is 4.03. The number of pyridine rings is 1. The fourth-order valence-electron chi connectivity index (χ4n) is 1.24. The number of aromatic nitrogens is 1. The van der Waals surface area contributed by atoms with Crippen molar-refractivity contribution in [2.24, 2.45) is 0 Å². The van der Waals surface area contributed by atoms with Gasteiger partial charge in [-0.15, -0.1) is 0 Å². The Bertz CT molecular complexity index is 383. The molecule has 0 aliphatic rings. The Morgan fingerprint density at radius 1 is 1.47 bits per heavy atom. The van der Waals surface area contributed by atoms with Gasteiger partial charge in [0.1, 0.15) is 5.82 Å². The summed E-state index contributed by atoms with van der Waals surface area (Å²) in [6.07, 6.45) is 6.12. The third kappa shape index (κ3) is 3.28. The van der Waals surface area contributed by atoms with Crippen molar-refractivity contribution in [2.75, 3.05) is 11.9 Å². The summed E-state index contributed by atoms with van der Waals surface area (Å²) < 4.78 is 0. The van der Waals surface area contributed by atoms with E-state index in [9.17, 15) is 0 Å². The molecule has 78 valence electrons. The molecule has 1 aromatic heterocycles. The van der Waals surface area contributed by atoms with Crippen molar-refractivity contribution in [1.29, 1.82) is 0 Å². The molecule has 0 spiro atoms. The lowest BCUT2D eigenvalue weighted by Crippen LogP contribution is -2.19. The molecule has 0 amide bonds. The Morgan fingerprint density at radius 3 is 2.80 bits per heavy atom. The average molecular weight is 200 g/mol. The molecule has 0 bridgehead atoms. The van der Waals surface area contributed by atoms with Crippen molar-refractivity contribution in [3.05, 3.63) is 42.1 Å². The summed E-state index contributed by atoms with van der Waals surface area (Å²) in [4.78, 5) is 6.54. The van der Waals surface area contributed by atoms with E-state index in [0.29, 0.717) is 0 Å². The molecule has 1 aromatic rings. The zero-order chi connectivity index (χ0) is 11.3. The number of allylic oxidation sites excluding steroid dienone is 4. The van der Waals surface area contributed by atoms with E-state index in [1.165, 1.54) is 5.70 Å². The van der Waals surface area contributed by atoms with Gasteiger partial charge in [0.25, 0.3) is 0 Å². The van der Waals surface area contributed by atoms with Gasteiger partial charge in [-0.3, -0.25) is 0 Å². The second-order valence-corrected chi connectivity index (χ2v) is 3.53. The Labute approximate surface area is 92.7 Å². The molecular formula is C12H17BN2. The molecule has 0 aromatic carbocycles. The minimum Gasteiger partial charge on any atom is -0.334 e. The summed E-state index contributed by atoms with van der Waals surface area (Å²) in [6.45, 7) is 4.08. The van der Waals surface area contributed by atoms with E-state index in [-0.39, 0.29) is 0 Å². The lowest BCUT2D eigenvalue weighted by Gasteiger charge is -2.18. The van der Waals surface area contributed by atoms with Crippen molar-refractivity contribution >= 4 is 19.3 Å². The molecule has 3 heteroatoms. The quantitative estimate of drug-likeness (QED) is 0.539. The van der Waals surface area contributed by atoms with Gasteiger partial charge in [0.2, 0.25) is 0 Å². The van der Waals surface area contributed by atoms with E-state index in [1.54, 1.807) is 0 Å². The number of hydrogen-bond acceptors (Lipinski definition) is 2. The average Bonchev–Trinajstić information content (AvgIpc) is 2.24. The zero-order valence-electron chi connectivity index (χ0n) is 9.86. The van der Waals surface area contributed by atoms with Crippen molar-refractivity contribution in [3.8, 4) is 0 Å². The van der Waals surface area contributed by atoms with Crippen LogP contribution in [0.2, 0.25) is 0 Å². The molecule has 0 saturated carbocycles. The molecule has 0 unspecified atom stereocenters. The van der Waals surface area contributed by atoms with Crippen molar-refractivity contribution < 1.29 is 0 Å². The molecule has 1 heterocycles. The van der Waals surface area contributed by atoms with Crippen LogP contribution >= 0.6 is 0 Å². The summed E-state index contributed by atoms with van der Waals surface area (Å²) in [6, 6.07) is 6.04. The van der Waals surface area contributed by atoms with Gasteiger partial charge in [-0.1, -0.05) is 24.3 Å². The van der Waals surface area contributed by atoms with Crippen LogP contribution in [0.1, 0.15) is 13.8 Å². The lowest BCUT2D eigenvalue weighted by atomic mass is 10.0. The normalized spacial score (nSPS) is 12.1. The molecule has 0 atom stereocenters. The molecule has 0 aliphatic carbocycles. The van der Waals surface area contributed by atoms with Gasteiger partial charge in [-0.25, -0.2) is 4.98 Å². The molecule has 0 fully saturated rings. The third-order valence-corrected chi connectivity index (χ3v) is 2.28. The summed E-state index contributed by atoms with van der Waals surface area (Å²) in [5.74, 6) is 0.980. The maximum Gasteiger partial charge on any atom is 0.164 e. The van der Waals surface area contributed by atoms with Gasteiger partial charge in [-0.05, 0) is 31.6 Å². The highest BCUT2D eigenvalue weighted by Crippen LogP contribution is 2.11. The summed E-state index contributed by atoms with van der Waals surface area (Å²) in [5.41, 5.74) is 2.21. The van der Waals surface area contributed by atoms with Crippen LogP contribution in [-0.2, 0) is 0 Å². The Balaban J connectivity index is 2.89. The molecule has 0 saturated heterocycles. The lowest BCUT2D eigenvalue weighted by molar-refractivity contribution is 1.05. The highest BCUT2D eigenvalue weighted by Gasteiger charge is 2.02. The van der Waals surface area contributed by atoms with E-state index in [2.05, 4.69) is 22.9 Å².